The van der Waals surface area contributed by atoms with E-state index in [0.29, 0.717) is 24.1 Å². The fourth-order valence-electron chi connectivity index (χ4n) is 1.79. The van der Waals surface area contributed by atoms with Crippen molar-refractivity contribution in [2.75, 3.05) is 32.1 Å². The maximum Gasteiger partial charge on any atom is 0.193 e. The molecule has 0 saturated carbocycles. The molecule has 0 aliphatic carbocycles. The van der Waals surface area contributed by atoms with Gasteiger partial charge in [0, 0.05) is 38.0 Å². The van der Waals surface area contributed by atoms with E-state index < -0.39 is 9.84 Å². The molecule has 0 aliphatic rings. The molecule has 0 radical (unpaired) electrons. The number of aliphatic imine (C=N–C) groups is 1. The van der Waals surface area contributed by atoms with Crippen LogP contribution in [0.15, 0.2) is 29.3 Å². The average Bonchev–Trinajstić information content (AvgIpc) is 2.46. The molecule has 1 N–H and O–H groups in total. The molecule has 0 amide bonds. The largest absolute Gasteiger partial charge is 0.355 e. The number of halogens is 1. The van der Waals surface area contributed by atoms with Crippen LogP contribution in [0.5, 0.6) is 0 Å². The van der Waals surface area contributed by atoms with Crippen molar-refractivity contribution in [3.8, 4) is 0 Å². The zero-order chi connectivity index (χ0) is 15.9. The zero-order valence-corrected chi connectivity index (χ0v) is 14.2. The molecule has 5 nitrogen and oxygen atoms in total. The molecule has 0 heterocycles. The first-order valence-corrected chi connectivity index (χ1v) is 8.94. The molecule has 1 aromatic carbocycles. The summed E-state index contributed by atoms with van der Waals surface area (Å²) in [6.45, 7) is 2.67. The van der Waals surface area contributed by atoms with Gasteiger partial charge in [-0.15, -0.1) is 0 Å². The van der Waals surface area contributed by atoms with Gasteiger partial charge in [0.25, 0.3) is 0 Å². The van der Waals surface area contributed by atoms with Crippen molar-refractivity contribution in [2.45, 2.75) is 13.5 Å². The van der Waals surface area contributed by atoms with Crippen LogP contribution in [-0.4, -0.2) is 51.4 Å². The predicted octanol–water partition coefficient (Wildman–Crippen LogP) is 1.78. The standard InChI is InChI=1S/C14H22ClN3O2S/c1-4-21(19,20)10-9-17-14(16-2)18(3)11-12-5-7-13(15)8-6-12/h5-8H,4,9-11H2,1-3H3,(H,16,17). The van der Waals surface area contributed by atoms with Gasteiger partial charge in [-0.05, 0) is 17.7 Å². The van der Waals surface area contributed by atoms with E-state index >= 15 is 0 Å². The molecule has 0 aromatic heterocycles. The topological polar surface area (TPSA) is 61.8 Å². The van der Waals surface area contributed by atoms with E-state index in [1.807, 2.05) is 36.2 Å². The second kappa shape index (κ2) is 8.24. The van der Waals surface area contributed by atoms with Crippen LogP contribution in [0.2, 0.25) is 5.02 Å². The van der Waals surface area contributed by atoms with Crippen molar-refractivity contribution in [1.82, 2.24) is 10.2 Å². The molecule has 1 rings (SSSR count). The maximum atomic E-state index is 11.5. The summed E-state index contributed by atoms with van der Waals surface area (Å²) in [6, 6.07) is 7.59. The van der Waals surface area contributed by atoms with E-state index in [-0.39, 0.29) is 11.5 Å². The summed E-state index contributed by atoms with van der Waals surface area (Å²) in [4.78, 5) is 6.09. The summed E-state index contributed by atoms with van der Waals surface area (Å²) in [5.74, 6) is 0.932. The van der Waals surface area contributed by atoms with Gasteiger partial charge in [-0.3, -0.25) is 4.99 Å². The highest BCUT2D eigenvalue weighted by molar-refractivity contribution is 7.91. The molecule has 21 heavy (non-hydrogen) atoms. The first kappa shape index (κ1) is 17.8. The number of benzene rings is 1. The molecule has 0 fully saturated rings. The molecule has 0 spiro atoms. The SMILES string of the molecule is CCS(=O)(=O)CCNC(=NC)N(C)Cc1ccc(Cl)cc1. The summed E-state index contributed by atoms with van der Waals surface area (Å²) in [7, 11) is 0.613. The van der Waals surface area contributed by atoms with Crippen LogP contribution in [-0.2, 0) is 16.4 Å². The third-order valence-electron chi connectivity index (χ3n) is 3.04. The Morgan fingerprint density at radius 3 is 2.48 bits per heavy atom. The lowest BCUT2D eigenvalue weighted by Gasteiger charge is -2.22. The van der Waals surface area contributed by atoms with Gasteiger partial charge in [-0.2, -0.15) is 0 Å². The summed E-state index contributed by atoms with van der Waals surface area (Å²) in [5.41, 5.74) is 1.10. The number of hydrogen-bond donors (Lipinski definition) is 1. The van der Waals surface area contributed by atoms with Crippen molar-refractivity contribution in [1.29, 1.82) is 0 Å². The van der Waals surface area contributed by atoms with E-state index in [1.165, 1.54) is 0 Å². The van der Waals surface area contributed by atoms with Crippen LogP contribution < -0.4 is 5.32 Å². The fourth-order valence-corrected chi connectivity index (χ4v) is 2.61. The molecule has 0 unspecified atom stereocenters. The Morgan fingerprint density at radius 1 is 1.33 bits per heavy atom. The lowest BCUT2D eigenvalue weighted by molar-refractivity contribution is 0.479. The minimum absolute atomic E-state index is 0.108. The van der Waals surface area contributed by atoms with Gasteiger partial charge in [0.1, 0.15) is 0 Å². The van der Waals surface area contributed by atoms with Crippen molar-refractivity contribution < 1.29 is 8.42 Å². The van der Waals surface area contributed by atoms with Gasteiger partial charge < -0.3 is 10.2 Å². The van der Waals surface area contributed by atoms with Crippen molar-refractivity contribution in [3.63, 3.8) is 0 Å². The van der Waals surface area contributed by atoms with Crippen LogP contribution in [0, 0.1) is 0 Å². The van der Waals surface area contributed by atoms with Crippen LogP contribution in [0.3, 0.4) is 0 Å². The summed E-state index contributed by atoms with van der Waals surface area (Å²) in [6.07, 6.45) is 0. The van der Waals surface area contributed by atoms with E-state index in [0.717, 1.165) is 5.56 Å². The molecular formula is C14H22ClN3O2S. The van der Waals surface area contributed by atoms with E-state index in [2.05, 4.69) is 10.3 Å². The molecule has 0 atom stereocenters. The van der Waals surface area contributed by atoms with Crippen LogP contribution in [0.25, 0.3) is 0 Å². The van der Waals surface area contributed by atoms with Crippen LogP contribution >= 0.6 is 11.6 Å². The van der Waals surface area contributed by atoms with E-state index in [1.54, 1.807) is 14.0 Å². The second-order valence-electron chi connectivity index (χ2n) is 4.69. The number of sulfone groups is 1. The molecule has 0 saturated heterocycles. The highest BCUT2D eigenvalue weighted by atomic mass is 35.5. The van der Waals surface area contributed by atoms with E-state index in [4.69, 9.17) is 11.6 Å². The Balaban J connectivity index is 2.54. The van der Waals surface area contributed by atoms with Crippen LogP contribution in [0.4, 0.5) is 0 Å². The summed E-state index contributed by atoms with van der Waals surface area (Å²) < 4.78 is 22.9. The van der Waals surface area contributed by atoms with Gasteiger partial charge in [0.15, 0.2) is 15.8 Å². The van der Waals surface area contributed by atoms with Gasteiger partial charge in [-0.1, -0.05) is 30.7 Å². The Hall–Kier alpha value is -1.27. The number of nitrogens with one attached hydrogen (secondary N) is 1. The number of guanidine groups is 1. The third-order valence-corrected chi connectivity index (χ3v) is 5.00. The maximum absolute atomic E-state index is 11.5. The van der Waals surface area contributed by atoms with E-state index in [9.17, 15) is 8.42 Å². The van der Waals surface area contributed by atoms with Gasteiger partial charge in [0.2, 0.25) is 0 Å². The summed E-state index contributed by atoms with van der Waals surface area (Å²) >= 11 is 5.86. The highest BCUT2D eigenvalue weighted by Crippen LogP contribution is 2.10. The zero-order valence-electron chi connectivity index (χ0n) is 12.6. The summed E-state index contributed by atoms with van der Waals surface area (Å²) in [5, 5.41) is 3.76. The molecule has 0 aliphatic heterocycles. The minimum atomic E-state index is -2.96. The monoisotopic (exact) mass is 331 g/mol. The lowest BCUT2D eigenvalue weighted by atomic mass is 10.2. The smallest absolute Gasteiger partial charge is 0.193 e. The number of rotatable bonds is 6. The first-order chi connectivity index (χ1) is 9.88. The lowest BCUT2D eigenvalue weighted by Crippen LogP contribution is -2.40. The first-order valence-electron chi connectivity index (χ1n) is 6.74. The van der Waals surface area contributed by atoms with Crippen LogP contribution in [0.1, 0.15) is 12.5 Å². The van der Waals surface area contributed by atoms with Gasteiger partial charge in [-0.25, -0.2) is 8.42 Å². The van der Waals surface area contributed by atoms with Crippen molar-refractivity contribution in [2.24, 2.45) is 4.99 Å². The Labute approximate surface area is 131 Å². The minimum Gasteiger partial charge on any atom is -0.355 e. The molecule has 1 aromatic rings. The highest BCUT2D eigenvalue weighted by Gasteiger charge is 2.10. The van der Waals surface area contributed by atoms with Gasteiger partial charge >= 0.3 is 0 Å². The predicted molar refractivity (Wildman–Crippen MR) is 88.6 cm³/mol. The van der Waals surface area contributed by atoms with Gasteiger partial charge in [0.05, 0.1) is 5.75 Å². The fraction of sp³-hybridized carbons (Fsp3) is 0.500. The quantitative estimate of drug-likeness (QED) is 0.637. The molecule has 7 heteroatoms. The molecular weight excluding hydrogens is 310 g/mol. The molecule has 0 bridgehead atoms. The number of nitrogens with zero attached hydrogens (tertiary/aromatic N) is 2. The average molecular weight is 332 g/mol. The molecule has 118 valence electrons. The second-order valence-corrected chi connectivity index (χ2v) is 7.60. The number of hydrogen-bond acceptors (Lipinski definition) is 3. The Kier molecular flexibility index (Phi) is 6.98. The Bertz CT molecular complexity index is 570. The van der Waals surface area contributed by atoms with Crippen molar-refractivity contribution in [3.05, 3.63) is 34.9 Å². The Morgan fingerprint density at radius 2 is 1.95 bits per heavy atom. The van der Waals surface area contributed by atoms with Crippen molar-refractivity contribution >= 4 is 27.4 Å². The third kappa shape index (κ3) is 6.35. The normalized spacial score (nSPS) is 12.3.